The van der Waals surface area contributed by atoms with Crippen LogP contribution in [0.3, 0.4) is 0 Å². The van der Waals surface area contributed by atoms with E-state index >= 15 is 0 Å². The third-order valence-electron chi connectivity index (χ3n) is 1.61. The van der Waals surface area contributed by atoms with Crippen LogP contribution in [-0.2, 0) is 4.74 Å². The minimum Gasteiger partial charge on any atom is -0.452 e. The Hall–Kier alpha value is -1.29. The van der Waals surface area contributed by atoms with Gasteiger partial charge in [-0.25, -0.2) is 4.79 Å². The first-order chi connectivity index (χ1) is 7.40. The van der Waals surface area contributed by atoms with E-state index < -0.39 is 5.60 Å². The van der Waals surface area contributed by atoms with Crippen LogP contribution >= 0.6 is 11.8 Å². The van der Waals surface area contributed by atoms with Crippen LogP contribution < -0.4 is 0 Å². The van der Waals surface area contributed by atoms with Crippen molar-refractivity contribution in [1.82, 2.24) is 0 Å². The van der Waals surface area contributed by atoms with Gasteiger partial charge in [-0.3, -0.25) is 4.79 Å². The molecule has 0 amide bonds. The molecule has 0 heterocycles. The van der Waals surface area contributed by atoms with Gasteiger partial charge in [-0.1, -0.05) is 12.1 Å². The van der Waals surface area contributed by atoms with Crippen LogP contribution in [0.1, 0.15) is 31.1 Å². The first-order valence-corrected chi connectivity index (χ1v) is 5.68. The highest BCUT2D eigenvalue weighted by Crippen LogP contribution is 2.23. The predicted octanol–water partition coefficient (Wildman–Crippen LogP) is 3.53. The fraction of sp³-hybridized carbons (Fsp3) is 0.333. The Morgan fingerprint density at radius 3 is 2.25 bits per heavy atom. The van der Waals surface area contributed by atoms with Crippen molar-refractivity contribution in [1.29, 1.82) is 0 Å². The van der Waals surface area contributed by atoms with Gasteiger partial charge in [0.25, 0.3) is 0 Å². The van der Waals surface area contributed by atoms with Crippen LogP contribution in [0.25, 0.3) is 0 Å². The number of rotatable bonds is 2. The second kappa shape index (κ2) is 5.16. The maximum Gasteiger partial charge on any atom is 0.372 e. The van der Waals surface area contributed by atoms with Gasteiger partial charge in [-0.05, 0) is 44.7 Å². The molecular weight excluding hydrogens is 224 g/mol. The first-order valence-electron chi connectivity index (χ1n) is 4.87. The Balaban J connectivity index is 2.59. The maximum absolute atomic E-state index is 11.5. The third kappa shape index (κ3) is 4.49. The lowest BCUT2D eigenvalue weighted by Crippen LogP contribution is -2.21. The number of aldehydes is 1. The van der Waals surface area contributed by atoms with Gasteiger partial charge >= 0.3 is 5.30 Å². The first kappa shape index (κ1) is 12.8. The molecule has 1 aromatic rings. The lowest BCUT2D eigenvalue weighted by molar-refractivity contribution is 0.0738. The molecule has 0 radical (unpaired) electrons. The molecule has 86 valence electrons. The third-order valence-corrected chi connectivity index (χ3v) is 2.36. The van der Waals surface area contributed by atoms with E-state index in [2.05, 4.69) is 0 Å². The van der Waals surface area contributed by atoms with Gasteiger partial charge in [0.1, 0.15) is 11.9 Å². The summed E-state index contributed by atoms with van der Waals surface area (Å²) in [5, 5.41) is -0.341. The van der Waals surface area contributed by atoms with Gasteiger partial charge in [-0.2, -0.15) is 0 Å². The molecule has 0 aromatic heterocycles. The molecule has 0 aliphatic rings. The van der Waals surface area contributed by atoms with Crippen molar-refractivity contribution in [2.24, 2.45) is 0 Å². The fourth-order valence-electron chi connectivity index (χ4n) is 0.981. The summed E-state index contributed by atoms with van der Waals surface area (Å²) in [6.07, 6.45) is 0.766. The Kier molecular flexibility index (Phi) is 4.12. The monoisotopic (exact) mass is 238 g/mol. The van der Waals surface area contributed by atoms with Crippen molar-refractivity contribution in [2.75, 3.05) is 0 Å². The van der Waals surface area contributed by atoms with E-state index in [-0.39, 0.29) is 5.30 Å². The zero-order chi connectivity index (χ0) is 12.2. The number of hydrogen-bond donors (Lipinski definition) is 0. The Morgan fingerprint density at radius 1 is 1.25 bits per heavy atom. The molecular formula is C12H14O3S. The Labute approximate surface area is 99.2 Å². The molecule has 0 atom stereocenters. The summed E-state index contributed by atoms with van der Waals surface area (Å²) in [6.45, 7) is 5.46. The minimum atomic E-state index is -0.479. The largest absolute Gasteiger partial charge is 0.452 e. The van der Waals surface area contributed by atoms with E-state index in [1.165, 1.54) is 0 Å². The zero-order valence-electron chi connectivity index (χ0n) is 9.52. The van der Waals surface area contributed by atoms with Crippen LogP contribution in [-0.4, -0.2) is 17.2 Å². The Bertz CT molecular complexity index is 376. The molecule has 1 rings (SSSR count). The average molecular weight is 238 g/mol. The number of benzene rings is 1. The molecule has 0 spiro atoms. The number of hydrogen-bond acceptors (Lipinski definition) is 4. The van der Waals surface area contributed by atoms with Crippen molar-refractivity contribution in [3.63, 3.8) is 0 Å². The van der Waals surface area contributed by atoms with E-state index in [0.717, 1.165) is 22.9 Å². The SMILES string of the molecule is CC(C)(C)OC(=O)Sc1ccc(C=O)cc1. The van der Waals surface area contributed by atoms with Gasteiger partial charge < -0.3 is 4.74 Å². The second-order valence-corrected chi connectivity index (χ2v) is 5.26. The number of ether oxygens (including phenoxy) is 1. The number of carbonyl (C=O) groups is 2. The molecule has 0 N–H and O–H groups in total. The molecule has 0 saturated carbocycles. The van der Waals surface area contributed by atoms with Gasteiger partial charge in [0, 0.05) is 10.5 Å². The molecule has 1 aromatic carbocycles. The van der Waals surface area contributed by atoms with Crippen LogP contribution in [0, 0.1) is 0 Å². The second-order valence-electron chi connectivity index (χ2n) is 4.25. The van der Waals surface area contributed by atoms with Crippen LogP contribution in [0.2, 0.25) is 0 Å². The molecule has 16 heavy (non-hydrogen) atoms. The van der Waals surface area contributed by atoms with Crippen LogP contribution in [0.15, 0.2) is 29.2 Å². The molecule has 0 fully saturated rings. The molecule has 0 aliphatic carbocycles. The van der Waals surface area contributed by atoms with Crippen molar-refractivity contribution < 1.29 is 14.3 Å². The summed E-state index contributed by atoms with van der Waals surface area (Å²) < 4.78 is 5.15. The van der Waals surface area contributed by atoms with Crippen LogP contribution in [0.4, 0.5) is 4.79 Å². The number of carbonyl (C=O) groups excluding carboxylic acids is 2. The molecule has 0 aliphatic heterocycles. The normalized spacial score (nSPS) is 10.9. The summed E-state index contributed by atoms with van der Waals surface area (Å²) in [5.74, 6) is 0. The van der Waals surface area contributed by atoms with E-state index in [1.807, 2.05) is 20.8 Å². The topological polar surface area (TPSA) is 43.4 Å². The van der Waals surface area contributed by atoms with Crippen molar-refractivity contribution in [2.45, 2.75) is 31.3 Å². The summed E-state index contributed by atoms with van der Waals surface area (Å²) in [7, 11) is 0. The summed E-state index contributed by atoms with van der Waals surface area (Å²) in [5.41, 5.74) is 0.112. The van der Waals surface area contributed by atoms with E-state index in [4.69, 9.17) is 4.74 Å². The Morgan fingerprint density at radius 2 is 1.81 bits per heavy atom. The molecule has 4 heteroatoms. The van der Waals surface area contributed by atoms with E-state index in [1.54, 1.807) is 24.3 Å². The van der Waals surface area contributed by atoms with Crippen LogP contribution in [0.5, 0.6) is 0 Å². The molecule has 0 bridgehead atoms. The van der Waals surface area contributed by atoms with Gasteiger partial charge in [0.2, 0.25) is 0 Å². The van der Waals surface area contributed by atoms with Gasteiger partial charge in [0.15, 0.2) is 0 Å². The van der Waals surface area contributed by atoms with Crippen molar-refractivity contribution in [3.8, 4) is 0 Å². The minimum absolute atomic E-state index is 0.341. The molecule has 0 unspecified atom stereocenters. The molecule has 0 saturated heterocycles. The maximum atomic E-state index is 11.5. The van der Waals surface area contributed by atoms with E-state index in [0.29, 0.717) is 5.56 Å². The molecule has 3 nitrogen and oxygen atoms in total. The predicted molar refractivity (Wildman–Crippen MR) is 63.9 cm³/mol. The highest BCUT2D eigenvalue weighted by atomic mass is 32.2. The lowest BCUT2D eigenvalue weighted by Gasteiger charge is -2.18. The smallest absolute Gasteiger partial charge is 0.372 e. The highest BCUT2D eigenvalue weighted by molar-refractivity contribution is 8.13. The highest BCUT2D eigenvalue weighted by Gasteiger charge is 2.17. The standard InChI is InChI=1S/C12H14O3S/c1-12(2,3)15-11(14)16-10-6-4-9(8-13)5-7-10/h4-8H,1-3H3. The van der Waals surface area contributed by atoms with Crippen molar-refractivity contribution in [3.05, 3.63) is 29.8 Å². The van der Waals surface area contributed by atoms with Gasteiger partial charge in [-0.15, -0.1) is 0 Å². The fourth-order valence-corrected chi connectivity index (χ4v) is 1.74. The lowest BCUT2D eigenvalue weighted by atomic mass is 10.2. The summed E-state index contributed by atoms with van der Waals surface area (Å²) in [6, 6.07) is 6.77. The number of thioether (sulfide) groups is 1. The summed E-state index contributed by atoms with van der Waals surface area (Å²) in [4.78, 5) is 22.6. The van der Waals surface area contributed by atoms with Crippen molar-refractivity contribution >= 4 is 23.3 Å². The quantitative estimate of drug-likeness (QED) is 0.449. The average Bonchev–Trinajstić information content (AvgIpc) is 2.16. The van der Waals surface area contributed by atoms with E-state index in [9.17, 15) is 9.59 Å². The summed E-state index contributed by atoms with van der Waals surface area (Å²) >= 11 is 1.01. The zero-order valence-corrected chi connectivity index (χ0v) is 10.3. The van der Waals surface area contributed by atoms with Gasteiger partial charge in [0.05, 0.1) is 0 Å².